The molecule has 3 rings (SSSR count). The van der Waals surface area contributed by atoms with E-state index in [2.05, 4.69) is 10.2 Å². The summed E-state index contributed by atoms with van der Waals surface area (Å²) in [6, 6.07) is 10.4. The normalized spacial score (nSPS) is 12.0. The van der Waals surface area contributed by atoms with Crippen molar-refractivity contribution in [2.75, 3.05) is 6.54 Å². The molecule has 0 spiro atoms. The average molecular weight is 390 g/mol. The van der Waals surface area contributed by atoms with Gasteiger partial charge >= 0.3 is 0 Å². The predicted octanol–water partition coefficient (Wildman–Crippen LogP) is 4.19. The van der Waals surface area contributed by atoms with Gasteiger partial charge in [-0.25, -0.2) is 0 Å². The maximum atomic E-state index is 12.8. The molecule has 27 heavy (non-hydrogen) atoms. The molecular weight excluding hydrogens is 370 g/mol. The number of halogens is 1. The molecule has 0 unspecified atom stereocenters. The van der Waals surface area contributed by atoms with Gasteiger partial charge in [-0.3, -0.25) is 4.79 Å². The van der Waals surface area contributed by atoms with Crippen molar-refractivity contribution in [1.29, 1.82) is 0 Å². The van der Waals surface area contributed by atoms with E-state index in [1.54, 1.807) is 48.2 Å². The Morgan fingerprint density at radius 1 is 1.26 bits per heavy atom. The fourth-order valence-electron chi connectivity index (χ4n) is 2.54. The molecule has 142 valence electrons. The van der Waals surface area contributed by atoms with Crippen LogP contribution in [0.5, 0.6) is 5.75 Å². The monoisotopic (exact) mass is 389 g/mol. The van der Waals surface area contributed by atoms with Crippen LogP contribution in [0.4, 0.5) is 0 Å². The summed E-state index contributed by atoms with van der Waals surface area (Å²) in [6.07, 6.45) is 1.66. The summed E-state index contributed by atoms with van der Waals surface area (Å²) in [5, 5.41) is 8.57. The van der Waals surface area contributed by atoms with Crippen molar-refractivity contribution >= 4 is 17.5 Å². The van der Waals surface area contributed by atoms with Gasteiger partial charge in [0, 0.05) is 11.6 Å². The summed E-state index contributed by atoms with van der Waals surface area (Å²) in [5.41, 5.74) is 0. The molecule has 0 aliphatic rings. The first kappa shape index (κ1) is 19.0. The van der Waals surface area contributed by atoms with E-state index in [9.17, 15) is 4.79 Å². The lowest BCUT2D eigenvalue weighted by atomic mass is 10.3. The number of hydrogen-bond acceptors (Lipinski definition) is 6. The third-order valence-electron chi connectivity index (χ3n) is 3.80. The first-order chi connectivity index (χ1) is 13.1. The van der Waals surface area contributed by atoms with E-state index < -0.39 is 6.10 Å². The Morgan fingerprint density at radius 2 is 2.04 bits per heavy atom. The van der Waals surface area contributed by atoms with Gasteiger partial charge in [-0.1, -0.05) is 18.5 Å². The van der Waals surface area contributed by atoms with E-state index in [4.69, 9.17) is 25.2 Å². The number of carbonyl (C=O) groups excluding carboxylic acids is 1. The number of carbonyl (C=O) groups is 1. The molecule has 0 aliphatic heterocycles. The number of amides is 1. The van der Waals surface area contributed by atoms with Crippen molar-refractivity contribution in [1.82, 2.24) is 15.1 Å². The minimum absolute atomic E-state index is 0.162. The summed E-state index contributed by atoms with van der Waals surface area (Å²) in [6.45, 7) is 4.45. The Morgan fingerprint density at radius 3 is 2.70 bits per heavy atom. The largest absolute Gasteiger partial charge is 0.481 e. The van der Waals surface area contributed by atoms with E-state index in [0.29, 0.717) is 29.0 Å². The highest BCUT2D eigenvalue weighted by Crippen LogP contribution is 2.20. The molecule has 8 heteroatoms. The number of nitrogens with zero attached hydrogens (tertiary/aromatic N) is 3. The first-order valence-corrected chi connectivity index (χ1v) is 9.02. The van der Waals surface area contributed by atoms with Crippen LogP contribution in [0.25, 0.3) is 11.7 Å². The Hall–Kier alpha value is -2.80. The highest BCUT2D eigenvalue weighted by molar-refractivity contribution is 6.30. The zero-order valence-electron chi connectivity index (χ0n) is 15.1. The van der Waals surface area contributed by atoms with Crippen molar-refractivity contribution in [2.45, 2.75) is 32.9 Å². The zero-order chi connectivity index (χ0) is 19.2. The smallest absolute Gasteiger partial charge is 0.283 e. The van der Waals surface area contributed by atoms with Crippen molar-refractivity contribution < 1.29 is 18.4 Å². The van der Waals surface area contributed by atoms with Gasteiger partial charge < -0.3 is 18.5 Å². The molecule has 2 aromatic heterocycles. The maximum Gasteiger partial charge on any atom is 0.283 e. The lowest BCUT2D eigenvalue weighted by Gasteiger charge is -2.24. The van der Waals surface area contributed by atoms with Gasteiger partial charge in [0.05, 0.1) is 12.8 Å². The third kappa shape index (κ3) is 4.89. The van der Waals surface area contributed by atoms with Gasteiger partial charge in [0.25, 0.3) is 11.8 Å². The lowest BCUT2D eigenvalue weighted by Crippen LogP contribution is -2.40. The van der Waals surface area contributed by atoms with Gasteiger partial charge in [0.2, 0.25) is 5.89 Å². The minimum atomic E-state index is -0.662. The molecule has 2 heterocycles. The van der Waals surface area contributed by atoms with Crippen LogP contribution >= 0.6 is 11.6 Å². The van der Waals surface area contributed by atoms with Crippen molar-refractivity contribution in [3.63, 3.8) is 0 Å². The quantitative estimate of drug-likeness (QED) is 0.574. The van der Waals surface area contributed by atoms with E-state index >= 15 is 0 Å². The summed E-state index contributed by atoms with van der Waals surface area (Å²) in [5.74, 6) is 1.52. The average Bonchev–Trinajstić information content (AvgIpc) is 3.34. The minimum Gasteiger partial charge on any atom is -0.481 e. The Kier molecular flexibility index (Phi) is 6.13. The van der Waals surface area contributed by atoms with Crippen molar-refractivity contribution in [3.8, 4) is 17.4 Å². The SMILES string of the molecule is CCCN(Cc1nnc(-c2ccco2)o1)C(=O)[C@H](C)Oc1ccc(Cl)cc1. The molecule has 0 radical (unpaired) electrons. The molecule has 0 aliphatic carbocycles. The van der Waals surface area contributed by atoms with Crippen LogP contribution in [0.1, 0.15) is 26.2 Å². The number of hydrogen-bond donors (Lipinski definition) is 0. The Labute approximate surface area is 161 Å². The molecule has 0 saturated heterocycles. The molecule has 0 bridgehead atoms. The second-order valence-corrected chi connectivity index (χ2v) is 6.39. The molecule has 0 fully saturated rings. The van der Waals surface area contributed by atoms with E-state index in [1.165, 1.54) is 6.26 Å². The molecule has 1 amide bonds. The first-order valence-electron chi connectivity index (χ1n) is 8.64. The highest BCUT2D eigenvalue weighted by Gasteiger charge is 2.24. The van der Waals surface area contributed by atoms with Crippen molar-refractivity contribution in [3.05, 3.63) is 53.6 Å². The summed E-state index contributed by atoms with van der Waals surface area (Å²) < 4.78 is 16.6. The fourth-order valence-corrected chi connectivity index (χ4v) is 2.67. The van der Waals surface area contributed by atoms with E-state index in [-0.39, 0.29) is 18.3 Å². The standard InChI is InChI=1S/C19H20ClN3O4/c1-3-10-23(12-17-21-22-18(27-17)16-5-4-11-25-16)19(24)13(2)26-15-8-6-14(20)7-9-15/h4-9,11,13H,3,10,12H2,1-2H3/t13-/m0/s1. The maximum absolute atomic E-state index is 12.8. The molecular formula is C19H20ClN3O4. The van der Waals surface area contributed by atoms with E-state index in [1.807, 2.05) is 6.92 Å². The van der Waals surface area contributed by atoms with Gasteiger partial charge in [-0.05, 0) is 49.7 Å². The van der Waals surface area contributed by atoms with Crippen LogP contribution in [0.15, 0.2) is 51.5 Å². The zero-order valence-corrected chi connectivity index (χ0v) is 15.8. The van der Waals surface area contributed by atoms with Crippen LogP contribution in [-0.4, -0.2) is 33.7 Å². The number of ether oxygens (including phenoxy) is 1. The number of rotatable bonds is 8. The second-order valence-electron chi connectivity index (χ2n) is 5.95. The van der Waals surface area contributed by atoms with Gasteiger partial charge in [0.15, 0.2) is 11.9 Å². The van der Waals surface area contributed by atoms with Crippen LogP contribution in [0, 0.1) is 0 Å². The van der Waals surface area contributed by atoms with Gasteiger partial charge in [-0.15, -0.1) is 10.2 Å². The number of benzene rings is 1. The molecule has 0 saturated carbocycles. The Bertz CT molecular complexity index is 861. The van der Waals surface area contributed by atoms with Crippen LogP contribution in [-0.2, 0) is 11.3 Å². The topological polar surface area (TPSA) is 81.6 Å². The highest BCUT2D eigenvalue weighted by atomic mass is 35.5. The number of furan rings is 1. The van der Waals surface area contributed by atoms with Gasteiger partial charge in [-0.2, -0.15) is 0 Å². The van der Waals surface area contributed by atoms with Crippen LogP contribution in [0.3, 0.4) is 0 Å². The summed E-state index contributed by atoms with van der Waals surface area (Å²) in [7, 11) is 0. The summed E-state index contributed by atoms with van der Waals surface area (Å²) in [4.78, 5) is 14.4. The van der Waals surface area contributed by atoms with E-state index in [0.717, 1.165) is 6.42 Å². The Balaban J connectivity index is 1.66. The van der Waals surface area contributed by atoms with Crippen LogP contribution in [0.2, 0.25) is 5.02 Å². The lowest BCUT2D eigenvalue weighted by molar-refractivity contribution is -0.139. The summed E-state index contributed by atoms with van der Waals surface area (Å²) >= 11 is 5.87. The molecule has 7 nitrogen and oxygen atoms in total. The number of aromatic nitrogens is 2. The predicted molar refractivity (Wildman–Crippen MR) is 99.3 cm³/mol. The molecule has 1 aromatic carbocycles. The van der Waals surface area contributed by atoms with Crippen molar-refractivity contribution in [2.24, 2.45) is 0 Å². The molecule has 3 aromatic rings. The second kappa shape index (κ2) is 8.73. The third-order valence-corrected chi connectivity index (χ3v) is 4.06. The van der Waals surface area contributed by atoms with Gasteiger partial charge in [0.1, 0.15) is 5.75 Å². The fraction of sp³-hybridized carbons (Fsp3) is 0.316. The molecule has 0 N–H and O–H groups in total. The molecule has 1 atom stereocenters. The van der Waals surface area contributed by atoms with Crippen LogP contribution < -0.4 is 4.74 Å².